The molecule has 0 aliphatic heterocycles. The fourth-order valence-electron chi connectivity index (χ4n) is 3.03. The van der Waals surface area contributed by atoms with Gasteiger partial charge in [-0.3, -0.25) is 9.36 Å². The Morgan fingerprint density at radius 2 is 1.65 bits per heavy atom. The van der Waals surface area contributed by atoms with Crippen LogP contribution in [0.1, 0.15) is 5.56 Å². The van der Waals surface area contributed by atoms with Gasteiger partial charge in [0.15, 0.2) is 11.0 Å². The third-order valence-corrected chi connectivity index (χ3v) is 6.46. The third kappa shape index (κ3) is 6.53. The number of carbonyl (C=O) groups is 1. The van der Waals surface area contributed by atoms with Crippen molar-refractivity contribution in [3.05, 3.63) is 99.4 Å². The van der Waals surface area contributed by atoms with E-state index in [0.717, 1.165) is 25.8 Å². The van der Waals surface area contributed by atoms with Gasteiger partial charge in [0.2, 0.25) is 0 Å². The van der Waals surface area contributed by atoms with Crippen molar-refractivity contribution in [1.82, 2.24) is 20.2 Å². The summed E-state index contributed by atoms with van der Waals surface area (Å²) in [6.45, 7) is 0. The van der Waals surface area contributed by atoms with Crippen LogP contribution in [0.25, 0.3) is 23.2 Å². The van der Waals surface area contributed by atoms with Gasteiger partial charge in [0.1, 0.15) is 0 Å². The average Bonchev–Trinajstić information content (AvgIpc) is 3.28. The molecule has 1 N–H and O–H groups in total. The Morgan fingerprint density at radius 1 is 0.971 bits per heavy atom. The molecule has 0 unspecified atom stereocenters. The third-order valence-electron chi connectivity index (χ3n) is 4.56. The maximum Gasteiger partial charge on any atom is 0.250 e. The first-order chi connectivity index (χ1) is 16.6. The predicted molar refractivity (Wildman–Crippen MR) is 145 cm³/mol. The summed E-state index contributed by atoms with van der Waals surface area (Å²) in [5.74, 6) is 0.604. The van der Waals surface area contributed by atoms with Crippen molar-refractivity contribution in [2.45, 2.75) is 5.16 Å². The summed E-state index contributed by atoms with van der Waals surface area (Å²) < 4.78 is 3.67. The molecule has 6 nitrogen and oxygen atoms in total. The van der Waals surface area contributed by atoms with E-state index in [1.165, 1.54) is 11.8 Å². The first-order valence-corrected chi connectivity index (χ1v) is 12.8. The van der Waals surface area contributed by atoms with Gasteiger partial charge in [0.25, 0.3) is 5.91 Å². The molecular formula is C25H19Br2N5OS. The number of rotatable bonds is 8. The number of hydrogen-bond acceptors (Lipinski definition) is 5. The topological polar surface area (TPSA) is 72.2 Å². The number of hydrazone groups is 1. The van der Waals surface area contributed by atoms with Crippen molar-refractivity contribution < 1.29 is 4.79 Å². The molecule has 0 saturated heterocycles. The lowest BCUT2D eigenvalue weighted by molar-refractivity contribution is -0.118. The summed E-state index contributed by atoms with van der Waals surface area (Å²) in [7, 11) is 0. The lowest BCUT2D eigenvalue weighted by Gasteiger charge is -2.10. The van der Waals surface area contributed by atoms with E-state index in [-0.39, 0.29) is 11.7 Å². The van der Waals surface area contributed by atoms with Crippen LogP contribution < -0.4 is 5.43 Å². The summed E-state index contributed by atoms with van der Waals surface area (Å²) in [6.07, 6.45) is 3.46. The highest BCUT2D eigenvalue weighted by Gasteiger charge is 2.17. The quantitative estimate of drug-likeness (QED) is 0.147. The molecule has 1 aromatic heterocycles. The van der Waals surface area contributed by atoms with Crippen LogP contribution in [0.4, 0.5) is 0 Å². The van der Waals surface area contributed by atoms with Crippen LogP contribution in [-0.4, -0.2) is 32.6 Å². The molecule has 0 aliphatic rings. The fraction of sp³-hybridized carbons (Fsp3) is 0.0400. The van der Waals surface area contributed by atoms with Gasteiger partial charge in [-0.15, -0.1) is 10.2 Å². The minimum atomic E-state index is -0.243. The molecule has 4 aromatic rings. The second-order valence-electron chi connectivity index (χ2n) is 7.01. The zero-order valence-corrected chi connectivity index (χ0v) is 21.8. The summed E-state index contributed by atoms with van der Waals surface area (Å²) in [5, 5.41) is 13.4. The van der Waals surface area contributed by atoms with Gasteiger partial charge in [-0.25, -0.2) is 5.43 Å². The molecule has 34 heavy (non-hydrogen) atoms. The molecule has 3 aromatic carbocycles. The largest absolute Gasteiger partial charge is 0.272 e. The number of carbonyl (C=O) groups excluding carboxylic acids is 1. The van der Waals surface area contributed by atoms with Crippen LogP contribution in [0.3, 0.4) is 0 Å². The first kappa shape index (κ1) is 24.1. The molecule has 0 bridgehead atoms. The standard InChI is InChI=1S/C25H19Br2N5OS/c26-20-11-13-22(14-12-20)32-24(19-9-5-2-6-10-19)30-31-25(32)34-17-23(33)29-28-16-21(27)15-18-7-3-1-4-8-18/h1-16H,17H2,(H,29,33). The zero-order chi connectivity index (χ0) is 23.8. The van der Waals surface area contributed by atoms with Gasteiger partial charge in [-0.1, -0.05) is 88.4 Å². The molecule has 170 valence electrons. The number of benzene rings is 3. The van der Waals surface area contributed by atoms with Crippen LogP contribution in [0.5, 0.6) is 0 Å². The summed E-state index contributed by atoms with van der Waals surface area (Å²) >= 11 is 8.21. The number of aromatic nitrogens is 3. The second-order valence-corrected chi connectivity index (χ2v) is 9.78. The number of nitrogens with zero attached hydrogens (tertiary/aromatic N) is 4. The Bertz CT molecular complexity index is 1310. The van der Waals surface area contributed by atoms with Crippen LogP contribution in [0.2, 0.25) is 0 Å². The van der Waals surface area contributed by atoms with E-state index in [1.807, 2.05) is 95.6 Å². The van der Waals surface area contributed by atoms with E-state index in [2.05, 4.69) is 52.6 Å². The maximum absolute atomic E-state index is 12.4. The molecule has 0 radical (unpaired) electrons. The van der Waals surface area contributed by atoms with E-state index in [9.17, 15) is 4.79 Å². The van der Waals surface area contributed by atoms with Crippen molar-refractivity contribution in [2.75, 3.05) is 5.75 Å². The van der Waals surface area contributed by atoms with Gasteiger partial charge in [0.05, 0.1) is 12.0 Å². The monoisotopic (exact) mass is 595 g/mol. The highest BCUT2D eigenvalue weighted by molar-refractivity contribution is 9.12. The zero-order valence-electron chi connectivity index (χ0n) is 17.8. The van der Waals surface area contributed by atoms with Crippen molar-refractivity contribution in [1.29, 1.82) is 0 Å². The molecule has 0 aliphatic carbocycles. The van der Waals surface area contributed by atoms with Gasteiger partial charge in [-0.05, 0) is 51.8 Å². The van der Waals surface area contributed by atoms with Crippen molar-refractivity contribution in [3.8, 4) is 17.1 Å². The van der Waals surface area contributed by atoms with Crippen molar-refractivity contribution >= 4 is 61.8 Å². The van der Waals surface area contributed by atoms with E-state index < -0.39 is 0 Å². The lowest BCUT2D eigenvalue weighted by Crippen LogP contribution is -2.19. The molecule has 0 fully saturated rings. The number of thioether (sulfide) groups is 1. The maximum atomic E-state index is 12.4. The minimum Gasteiger partial charge on any atom is -0.272 e. The van der Waals surface area contributed by atoms with Gasteiger partial charge < -0.3 is 0 Å². The Hall–Kier alpha value is -3.01. The number of hydrogen-bond donors (Lipinski definition) is 1. The highest BCUT2D eigenvalue weighted by atomic mass is 79.9. The Morgan fingerprint density at radius 3 is 2.35 bits per heavy atom. The molecule has 9 heteroatoms. The number of halogens is 2. The van der Waals surface area contributed by atoms with Gasteiger partial charge >= 0.3 is 0 Å². The summed E-state index contributed by atoms with van der Waals surface area (Å²) in [6, 6.07) is 27.5. The Kier molecular flexibility index (Phi) is 8.46. The smallest absolute Gasteiger partial charge is 0.250 e. The molecule has 0 atom stereocenters. The number of allylic oxidation sites excluding steroid dienone is 1. The molecule has 4 rings (SSSR count). The molecule has 0 spiro atoms. The van der Waals surface area contributed by atoms with Crippen LogP contribution in [0.15, 0.2) is 104 Å². The SMILES string of the molecule is O=C(CSc1nnc(-c2ccccc2)n1-c1ccc(Br)cc1)NN=CC(Br)=Cc1ccccc1. The summed E-state index contributed by atoms with van der Waals surface area (Å²) in [4.78, 5) is 12.4. The second kappa shape index (κ2) is 11.9. The molecule has 1 amide bonds. The van der Waals surface area contributed by atoms with Gasteiger partial charge in [-0.2, -0.15) is 5.10 Å². The molecule has 0 saturated carbocycles. The predicted octanol–water partition coefficient (Wildman–Crippen LogP) is 6.33. The normalized spacial score (nSPS) is 11.6. The van der Waals surface area contributed by atoms with Crippen molar-refractivity contribution in [3.63, 3.8) is 0 Å². The summed E-state index contributed by atoms with van der Waals surface area (Å²) in [5.41, 5.74) is 5.43. The Balaban J connectivity index is 1.45. The van der Waals surface area contributed by atoms with E-state index in [0.29, 0.717) is 11.0 Å². The molecule has 1 heterocycles. The highest BCUT2D eigenvalue weighted by Crippen LogP contribution is 2.28. The minimum absolute atomic E-state index is 0.140. The van der Waals surface area contributed by atoms with Crippen LogP contribution in [0, 0.1) is 0 Å². The Labute approximate surface area is 218 Å². The number of nitrogens with one attached hydrogen (secondary N) is 1. The fourth-order valence-corrected chi connectivity index (χ4v) is 4.41. The first-order valence-electron chi connectivity index (χ1n) is 10.2. The van der Waals surface area contributed by atoms with Gasteiger partial charge in [0, 0.05) is 20.2 Å². The van der Waals surface area contributed by atoms with E-state index in [1.54, 1.807) is 6.21 Å². The van der Waals surface area contributed by atoms with Crippen LogP contribution in [-0.2, 0) is 4.79 Å². The average molecular weight is 597 g/mol. The van der Waals surface area contributed by atoms with E-state index in [4.69, 9.17) is 0 Å². The van der Waals surface area contributed by atoms with E-state index >= 15 is 0 Å². The molecular weight excluding hydrogens is 578 g/mol. The van der Waals surface area contributed by atoms with Crippen LogP contribution >= 0.6 is 43.6 Å². The number of amides is 1. The lowest BCUT2D eigenvalue weighted by atomic mass is 10.2. The van der Waals surface area contributed by atoms with Crippen molar-refractivity contribution in [2.24, 2.45) is 5.10 Å².